The summed E-state index contributed by atoms with van der Waals surface area (Å²) < 4.78 is 0. The third-order valence-corrected chi connectivity index (χ3v) is 2.96. The van der Waals surface area contributed by atoms with Crippen molar-refractivity contribution < 1.29 is 0 Å². The molecule has 1 heterocycles. The van der Waals surface area contributed by atoms with Gasteiger partial charge in [0, 0.05) is 5.56 Å². The van der Waals surface area contributed by atoms with E-state index in [1.807, 2.05) is 49.4 Å². The second-order valence-electron chi connectivity index (χ2n) is 4.27. The zero-order valence-corrected chi connectivity index (χ0v) is 11.4. The number of hydrogen-bond donors (Lipinski definition) is 1. The minimum Gasteiger partial charge on any atom is -0.351 e. The zero-order chi connectivity index (χ0) is 13.5. The van der Waals surface area contributed by atoms with Crippen molar-refractivity contribution in [2.75, 3.05) is 0 Å². The van der Waals surface area contributed by atoms with Crippen LogP contribution < -0.4 is 5.32 Å². The summed E-state index contributed by atoms with van der Waals surface area (Å²) in [6, 6.07) is 10.1. The van der Waals surface area contributed by atoms with Crippen LogP contribution in [0, 0.1) is 0 Å². The molecule has 1 atom stereocenters. The zero-order valence-electron chi connectivity index (χ0n) is 11.4. The predicted octanol–water partition coefficient (Wildman–Crippen LogP) is 3.30. The first-order valence-electron chi connectivity index (χ1n) is 6.58. The normalized spacial score (nSPS) is 19.4. The fraction of sp³-hybridized carbons (Fsp3) is 0.250. The molecule has 98 valence electrons. The summed E-state index contributed by atoms with van der Waals surface area (Å²) in [5, 5.41) is 3.20. The molecule has 1 aliphatic heterocycles. The van der Waals surface area contributed by atoms with Gasteiger partial charge in [-0.05, 0) is 18.9 Å². The van der Waals surface area contributed by atoms with E-state index in [1.165, 1.54) is 5.57 Å². The van der Waals surface area contributed by atoms with E-state index in [9.17, 15) is 0 Å². The van der Waals surface area contributed by atoms with Crippen molar-refractivity contribution in [3.8, 4) is 0 Å². The number of nitrogens with one attached hydrogen (secondary N) is 1. The van der Waals surface area contributed by atoms with Gasteiger partial charge in [0.2, 0.25) is 0 Å². The standard InChI is InChI=1S/C16H19N3/c1-3-5-9-13(4-2)15-17-12-18-16(19-15)14-10-7-6-8-11-14/h3,5-12,15H,4H2,1-2H3,(H,17,18,19)/b5-3-,13-9+. The topological polar surface area (TPSA) is 36.8 Å². The molecule has 19 heavy (non-hydrogen) atoms. The highest BCUT2D eigenvalue weighted by molar-refractivity contribution is 6.03. The molecular weight excluding hydrogens is 234 g/mol. The highest BCUT2D eigenvalue weighted by Gasteiger charge is 2.14. The average molecular weight is 253 g/mol. The first kappa shape index (κ1) is 13.3. The van der Waals surface area contributed by atoms with Crippen LogP contribution in [0.1, 0.15) is 25.8 Å². The molecule has 0 amide bonds. The molecule has 2 rings (SSSR count). The Balaban J connectivity index is 2.26. The first-order valence-corrected chi connectivity index (χ1v) is 6.58. The molecular formula is C16H19N3. The molecule has 0 aliphatic carbocycles. The predicted molar refractivity (Wildman–Crippen MR) is 81.6 cm³/mol. The van der Waals surface area contributed by atoms with Crippen LogP contribution in [0.3, 0.4) is 0 Å². The summed E-state index contributed by atoms with van der Waals surface area (Å²) in [6.45, 7) is 4.15. The Morgan fingerprint density at radius 1 is 1.32 bits per heavy atom. The van der Waals surface area contributed by atoms with Gasteiger partial charge in [-0.15, -0.1) is 0 Å². The average Bonchev–Trinajstić information content (AvgIpc) is 2.49. The minimum absolute atomic E-state index is 0.0195. The van der Waals surface area contributed by atoms with Crippen LogP contribution in [-0.4, -0.2) is 18.3 Å². The van der Waals surface area contributed by atoms with Gasteiger partial charge in [0.05, 0.1) is 6.34 Å². The highest BCUT2D eigenvalue weighted by atomic mass is 15.2. The lowest BCUT2D eigenvalue weighted by Crippen LogP contribution is -2.32. The molecule has 0 bridgehead atoms. The fourth-order valence-corrected chi connectivity index (χ4v) is 1.91. The number of amidine groups is 1. The number of aliphatic imine (C=N–C) groups is 2. The molecule has 3 heteroatoms. The Labute approximate surface area is 114 Å². The molecule has 0 fully saturated rings. The fourth-order valence-electron chi connectivity index (χ4n) is 1.91. The van der Waals surface area contributed by atoms with Crippen molar-refractivity contribution in [1.82, 2.24) is 5.32 Å². The summed E-state index contributed by atoms with van der Waals surface area (Å²) in [4.78, 5) is 9.00. The smallest absolute Gasteiger partial charge is 0.158 e. The Morgan fingerprint density at radius 3 is 2.79 bits per heavy atom. The number of benzene rings is 1. The van der Waals surface area contributed by atoms with Crippen molar-refractivity contribution in [3.05, 3.63) is 59.7 Å². The van der Waals surface area contributed by atoms with E-state index in [-0.39, 0.29) is 6.17 Å². The molecule has 3 nitrogen and oxygen atoms in total. The molecule has 1 aliphatic rings. The maximum absolute atomic E-state index is 4.68. The lowest BCUT2D eigenvalue weighted by molar-refractivity contribution is 0.701. The van der Waals surface area contributed by atoms with E-state index in [2.05, 4.69) is 28.3 Å². The molecule has 0 saturated heterocycles. The quantitative estimate of drug-likeness (QED) is 0.821. The van der Waals surface area contributed by atoms with Crippen LogP contribution in [0.2, 0.25) is 0 Å². The minimum atomic E-state index is -0.0195. The summed E-state index contributed by atoms with van der Waals surface area (Å²) in [6.07, 6.45) is 8.86. The molecule has 0 radical (unpaired) electrons. The molecule has 0 saturated carbocycles. The van der Waals surface area contributed by atoms with Crippen molar-refractivity contribution in [3.63, 3.8) is 0 Å². The monoisotopic (exact) mass is 253 g/mol. The lowest BCUT2D eigenvalue weighted by Gasteiger charge is -2.19. The maximum Gasteiger partial charge on any atom is 0.158 e. The van der Waals surface area contributed by atoms with Crippen molar-refractivity contribution in [2.45, 2.75) is 26.4 Å². The summed E-state index contributed by atoms with van der Waals surface area (Å²) in [5.41, 5.74) is 2.30. The van der Waals surface area contributed by atoms with E-state index in [1.54, 1.807) is 6.34 Å². The molecule has 0 spiro atoms. The van der Waals surface area contributed by atoms with E-state index in [0.29, 0.717) is 0 Å². The largest absolute Gasteiger partial charge is 0.351 e. The Bertz CT molecular complexity index is 524. The van der Waals surface area contributed by atoms with E-state index >= 15 is 0 Å². The third kappa shape index (κ3) is 3.41. The lowest BCUT2D eigenvalue weighted by atomic mass is 10.1. The van der Waals surface area contributed by atoms with Gasteiger partial charge in [0.1, 0.15) is 6.17 Å². The Kier molecular flexibility index (Phi) is 4.67. The van der Waals surface area contributed by atoms with Gasteiger partial charge in [-0.3, -0.25) is 0 Å². The molecule has 1 aromatic carbocycles. The van der Waals surface area contributed by atoms with Gasteiger partial charge in [0.25, 0.3) is 0 Å². The molecule has 1 unspecified atom stereocenters. The second-order valence-corrected chi connectivity index (χ2v) is 4.27. The number of allylic oxidation sites excluding steroid dienone is 3. The van der Waals surface area contributed by atoms with Crippen molar-refractivity contribution in [1.29, 1.82) is 0 Å². The van der Waals surface area contributed by atoms with Crippen molar-refractivity contribution >= 4 is 12.2 Å². The molecule has 1 N–H and O–H groups in total. The van der Waals surface area contributed by atoms with E-state index in [4.69, 9.17) is 0 Å². The van der Waals surface area contributed by atoms with Gasteiger partial charge >= 0.3 is 0 Å². The summed E-state index contributed by atoms with van der Waals surface area (Å²) in [7, 11) is 0. The Hall–Kier alpha value is -2.16. The number of rotatable bonds is 4. The SMILES string of the molecule is C/C=C\C=C(/CC)C1N=C(c2ccccc2)N=CN1. The van der Waals surface area contributed by atoms with Crippen molar-refractivity contribution in [2.24, 2.45) is 9.98 Å². The highest BCUT2D eigenvalue weighted by Crippen LogP contribution is 2.14. The van der Waals surface area contributed by atoms with Crippen LogP contribution in [-0.2, 0) is 0 Å². The van der Waals surface area contributed by atoms with Crippen LogP contribution >= 0.6 is 0 Å². The van der Waals surface area contributed by atoms with Gasteiger partial charge in [-0.25, -0.2) is 9.98 Å². The van der Waals surface area contributed by atoms with Gasteiger partial charge in [-0.1, -0.05) is 55.5 Å². The van der Waals surface area contributed by atoms with Gasteiger partial charge in [0.15, 0.2) is 5.84 Å². The number of hydrogen-bond acceptors (Lipinski definition) is 3. The first-order chi connectivity index (χ1) is 9.35. The molecule has 0 aromatic heterocycles. The Morgan fingerprint density at radius 2 is 2.11 bits per heavy atom. The molecule has 1 aromatic rings. The maximum atomic E-state index is 4.68. The van der Waals surface area contributed by atoms with E-state index < -0.39 is 0 Å². The number of nitrogens with zero attached hydrogens (tertiary/aromatic N) is 2. The van der Waals surface area contributed by atoms with E-state index in [0.717, 1.165) is 17.8 Å². The summed E-state index contributed by atoms with van der Waals surface area (Å²) in [5.74, 6) is 0.782. The third-order valence-electron chi connectivity index (χ3n) is 2.96. The summed E-state index contributed by atoms with van der Waals surface area (Å²) >= 11 is 0. The van der Waals surface area contributed by atoms with Gasteiger partial charge < -0.3 is 5.32 Å². The van der Waals surface area contributed by atoms with Gasteiger partial charge in [-0.2, -0.15) is 0 Å². The van der Waals surface area contributed by atoms with Crippen LogP contribution in [0.15, 0.2) is 64.1 Å². The van der Waals surface area contributed by atoms with Crippen LogP contribution in [0.4, 0.5) is 0 Å². The van der Waals surface area contributed by atoms with Crippen LogP contribution in [0.5, 0.6) is 0 Å². The second kappa shape index (κ2) is 6.69. The van der Waals surface area contributed by atoms with Crippen LogP contribution in [0.25, 0.3) is 0 Å².